The third-order valence-corrected chi connectivity index (χ3v) is 2.60. The number of hydrogen-bond acceptors (Lipinski definition) is 3. The van der Waals surface area contributed by atoms with Gasteiger partial charge >= 0.3 is 0 Å². The molecule has 0 bridgehead atoms. The molecule has 0 heterocycles. The second-order valence-corrected chi connectivity index (χ2v) is 4.31. The zero-order valence-corrected chi connectivity index (χ0v) is 10.5. The van der Waals surface area contributed by atoms with E-state index in [0.717, 1.165) is 5.56 Å². The highest BCUT2D eigenvalue weighted by Crippen LogP contribution is 2.28. The molecule has 0 fully saturated rings. The Bertz CT molecular complexity index is 402. The lowest BCUT2D eigenvalue weighted by Gasteiger charge is -2.10. The van der Waals surface area contributed by atoms with Crippen molar-refractivity contribution in [2.75, 3.05) is 7.11 Å². The molecule has 3 nitrogen and oxygen atoms in total. The molecule has 1 atom stereocenters. The monoisotopic (exact) mass is 241 g/mol. The maximum atomic E-state index is 11.8. The highest BCUT2D eigenvalue weighted by Gasteiger charge is 2.14. The normalized spacial score (nSPS) is 12.3. The zero-order chi connectivity index (χ0) is 12.3. The van der Waals surface area contributed by atoms with Crippen molar-refractivity contribution in [1.29, 1.82) is 0 Å². The van der Waals surface area contributed by atoms with Gasteiger partial charge in [0.2, 0.25) is 0 Å². The minimum absolute atomic E-state index is 0.0112. The van der Waals surface area contributed by atoms with Crippen LogP contribution in [0.4, 0.5) is 0 Å². The van der Waals surface area contributed by atoms with Crippen molar-refractivity contribution in [2.24, 2.45) is 5.73 Å². The van der Waals surface area contributed by atoms with Gasteiger partial charge in [-0.15, -0.1) is 0 Å². The molecule has 4 heteroatoms. The number of ether oxygens (including phenoxy) is 1. The van der Waals surface area contributed by atoms with Crippen molar-refractivity contribution < 1.29 is 9.53 Å². The number of carbonyl (C=O) groups is 1. The van der Waals surface area contributed by atoms with Gasteiger partial charge in [-0.05, 0) is 31.5 Å². The molecule has 0 aliphatic rings. The van der Waals surface area contributed by atoms with Crippen molar-refractivity contribution in [1.82, 2.24) is 0 Å². The van der Waals surface area contributed by atoms with Crippen LogP contribution in [0.15, 0.2) is 12.1 Å². The van der Waals surface area contributed by atoms with Gasteiger partial charge in [0.25, 0.3) is 0 Å². The number of benzene rings is 1. The third-order valence-electron chi connectivity index (χ3n) is 2.31. The van der Waals surface area contributed by atoms with Crippen molar-refractivity contribution in [2.45, 2.75) is 26.3 Å². The summed E-state index contributed by atoms with van der Waals surface area (Å²) >= 11 is 5.97. The van der Waals surface area contributed by atoms with Crippen LogP contribution in [-0.4, -0.2) is 18.9 Å². The summed E-state index contributed by atoms with van der Waals surface area (Å²) in [4.78, 5) is 11.8. The first-order valence-electron chi connectivity index (χ1n) is 5.08. The second-order valence-electron chi connectivity index (χ2n) is 3.91. The number of rotatable bonds is 4. The summed E-state index contributed by atoms with van der Waals surface area (Å²) < 4.78 is 5.07. The van der Waals surface area contributed by atoms with Gasteiger partial charge in [-0.2, -0.15) is 0 Å². The standard InChI is InChI=1S/C12H16ClNO2/c1-7-4-12(16-3)10(13)6-9(7)11(15)5-8(2)14/h4,6,8H,5,14H2,1-3H3. The van der Waals surface area contributed by atoms with Crippen LogP contribution >= 0.6 is 11.6 Å². The SMILES string of the molecule is COc1cc(C)c(C(=O)CC(C)N)cc1Cl. The Morgan fingerprint density at radius 3 is 2.69 bits per heavy atom. The predicted molar refractivity (Wildman–Crippen MR) is 65.3 cm³/mol. The van der Waals surface area contributed by atoms with Gasteiger partial charge in [0, 0.05) is 18.0 Å². The fourth-order valence-corrected chi connectivity index (χ4v) is 1.76. The molecule has 1 unspecified atom stereocenters. The number of hydrogen-bond donors (Lipinski definition) is 1. The van der Waals surface area contributed by atoms with Gasteiger partial charge in [-0.1, -0.05) is 11.6 Å². The topological polar surface area (TPSA) is 52.3 Å². The molecule has 0 aliphatic carbocycles. The van der Waals surface area contributed by atoms with E-state index in [1.165, 1.54) is 0 Å². The van der Waals surface area contributed by atoms with Crippen molar-refractivity contribution in [3.8, 4) is 5.75 Å². The quantitative estimate of drug-likeness (QED) is 0.825. The first-order valence-corrected chi connectivity index (χ1v) is 5.46. The van der Waals surface area contributed by atoms with Gasteiger partial charge in [-0.25, -0.2) is 0 Å². The van der Waals surface area contributed by atoms with E-state index in [-0.39, 0.29) is 11.8 Å². The molecular formula is C12H16ClNO2. The number of ketones is 1. The summed E-state index contributed by atoms with van der Waals surface area (Å²) in [6, 6.07) is 3.25. The van der Waals surface area contributed by atoms with Gasteiger partial charge in [0.15, 0.2) is 5.78 Å². The molecular weight excluding hydrogens is 226 g/mol. The van der Waals surface area contributed by atoms with E-state index >= 15 is 0 Å². The van der Waals surface area contributed by atoms with E-state index in [4.69, 9.17) is 22.1 Å². The van der Waals surface area contributed by atoms with E-state index in [2.05, 4.69) is 0 Å². The molecule has 2 N–H and O–H groups in total. The maximum Gasteiger partial charge on any atom is 0.164 e. The Kier molecular flexibility index (Phi) is 4.33. The second kappa shape index (κ2) is 5.32. The molecule has 0 saturated heterocycles. The number of aryl methyl sites for hydroxylation is 1. The molecule has 1 aromatic carbocycles. The van der Waals surface area contributed by atoms with Crippen LogP contribution in [0.5, 0.6) is 5.75 Å². The lowest BCUT2D eigenvalue weighted by atomic mass is 10.00. The summed E-state index contributed by atoms with van der Waals surface area (Å²) in [6.07, 6.45) is 0.323. The molecule has 0 saturated carbocycles. The molecule has 0 spiro atoms. The van der Waals surface area contributed by atoms with Crippen LogP contribution in [-0.2, 0) is 0 Å². The summed E-state index contributed by atoms with van der Waals surface area (Å²) in [5.74, 6) is 0.591. The molecule has 0 aliphatic heterocycles. The molecule has 0 amide bonds. The van der Waals surface area contributed by atoms with E-state index in [1.807, 2.05) is 6.92 Å². The first kappa shape index (κ1) is 13.0. The van der Waals surface area contributed by atoms with Crippen molar-refractivity contribution in [3.63, 3.8) is 0 Å². The maximum absolute atomic E-state index is 11.8. The van der Waals surface area contributed by atoms with Crippen LogP contribution in [0.3, 0.4) is 0 Å². The minimum atomic E-state index is -0.146. The highest BCUT2D eigenvalue weighted by molar-refractivity contribution is 6.32. The Morgan fingerprint density at radius 1 is 1.56 bits per heavy atom. The summed E-state index contributed by atoms with van der Waals surface area (Å²) in [5, 5.41) is 0.445. The van der Waals surface area contributed by atoms with E-state index in [9.17, 15) is 4.79 Å². The molecule has 16 heavy (non-hydrogen) atoms. The van der Waals surface area contributed by atoms with E-state index in [1.54, 1.807) is 26.2 Å². The number of carbonyl (C=O) groups excluding carboxylic acids is 1. The third kappa shape index (κ3) is 2.97. The van der Waals surface area contributed by atoms with Crippen molar-refractivity contribution in [3.05, 3.63) is 28.3 Å². The molecule has 1 rings (SSSR count). The summed E-state index contributed by atoms with van der Waals surface area (Å²) in [6.45, 7) is 3.66. The van der Waals surface area contributed by atoms with Gasteiger partial charge < -0.3 is 10.5 Å². The Labute approximate surface area is 101 Å². The fraction of sp³-hybridized carbons (Fsp3) is 0.417. The van der Waals surface area contributed by atoms with Crippen LogP contribution in [0.25, 0.3) is 0 Å². The zero-order valence-electron chi connectivity index (χ0n) is 9.71. The lowest BCUT2D eigenvalue weighted by molar-refractivity contribution is 0.0976. The van der Waals surface area contributed by atoms with Gasteiger partial charge in [0.05, 0.1) is 12.1 Å². The van der Waals surface area contributed by atoms with Gasteiger partial charge in [-0.3, -0.25) is 4.79 Å². The Hall–Kier alpha value is -1.06. The summed E-state index contributed by atoms with van der Waals surface area (Å²) in [5.41, 5.74) is 7.06. The largest absolute Gasteiger partial charge is 0.495 e. The smallest absolute Gasteiger partial charge is 0.164 e. The molecule has 88 valence electrons. The van der Waals surface area contributed by atoms with E-state index < -0.39 is 0 Å². The first-order chi connectivity index (χ1) is 7.45. The van der Waals surface area contributed by atoms with Crippen molar-refractivity contribution >= 4 is 17.4 Å². The Balaban J connectivity index is 3.06. The highest BCUT2D eigenvalue weighted by atomic mass is 35.5. The lowest BCUT2D eigenvalue weighted by Crippen LogP contribution is -2.20. The molecule has 0 radical (unpaired) electrons. The van der Waals surface area contributed by atoms with Gasteiger partial charge in [0.1, 0.15) is 5.75 Å². The average Bonchev–Trinajstić information content (AvgIpc) is 2.19. The van der Waals surface area contributed by atoms with Crippen LogP contribution in [0.1, 0.15) is 29.3 Å². The van der Waals surface area contributed by atoms with Crippen LogP contribution in [0.2, 0.25) is 5.02 Å². The molecule has 0 aromatic heterocycles. The van der Waals surface area contributed by atoms with E-state index in [0.29, 0.717) is 22.8 Å². The number of Topliss-reactive ketones (excluding diaryl/α,β-unsaturated/α-hetero) is 1. The number of halogens is 1. The van der Waals surface area contributed by atoms with Crippen LogP contribution in [0, 0.1) is 6.92 Å². The Morgan fingerprint density at radius 2 is 2.19 bits per heavy atom. The number of nitrogens with two attached hydrogens (primary N) is 1. The van der Waals surface area contributed by atoms with Crippen LogP contribution < -0.4 is 10.5 Å². The summed E-state index contributed by atoms with van der Waals surface area (Å²) in [7, 11) is 1.55. The molecule has 1 aromatic rings. The predicted octanol–water partition coefficient (Wildman–Crippen LogP) is 2.58. The minimum Gasteiger partial charge on any atom is -0.495 e. The number of methoxy groups -OCH3 is 1. The fourth-order valence-electron chi connectivity index (χ4n) is 1.51. The average molecular weight is 242 g/mol.